The Morgan fingerprint density at radius 1 is 1.53 bits per heavy atom. The maximum absolute atomic E-state index is 11.2. The first-order valence-corrected chi connectivity index (χ1v) is 4.93. The summed E-state index contributed by atoms with van der Waals surface area (Å²) in [4.78, 5) is 13.8. The normalized spacial score (nSPS) is 11.1. The van der Waals surface area contributed by atoms with Crippen molar-refractivity contribution in [3.05, 3.63) is 40.8 Å². The van der Waals surface area contributed by atoms with E-state index in [1.54, 1.807) is 23.2 Å². The van der Waals surface area contributed by atoms with Crippen molar-refractivity contribution in [2.75, 3.05) is 0 Å². The standard InChI is InChI=1S/C10H14N4O/c1-8(2)14-7-9(5-12-14)6-13-4-3-11-10(13)15/h3-5,7-8H,6H2,1-2H3,(H,11,15). The van der Waals surface area contributed by atoms with Gasteiger partial charge in [-0.25, -0.2) is 4.79 Å². The van der Waals surface area contributed by atoms with E-state index in [1.807, 2.05) is 10.9 Å². The van der Waals surface area contributed by atoms with Crippen molar-refractivity contribution in [1.29, 1.82) is 0 Å². The van der Waals surface area contributed by atoms with Gasteiger partial charge >= 0.3 is 5.69 Å². The zero-order chi connectivity index (χ0) is 10.8. The van der Waals surface area contributed by atoms with Crippen molar-refractivity contribution in [3.63, 3.8) is 0 Å². The third-order valence-electron chi connectivity index (χ3n) is 2.26. The van der Waals surface area contributed by atoms with Crippen LogP contribution in [-0.4, -0.2) is 19.3 Å². The van der Waals surface area contributed by atoms with E-state index in [4.69, 9.17) is 0 Å². The van der Waals surface area contributed by atoms with Crippen molar-refractivity contribution >= 4 is 0 Å². The SMILES string of the molecule is CC(C)n1cc(Cn2cc[nH]c2=O)cn1. The lowest BCUT2D eigenvalue weighted by atomic mass is 10.3. The molecular weight excluding hydrogens is 192 g/mol. The molecular formula is C10H14N4O. The third kappa shape index (κ3) is 2.01. The van der Waals surface area contributed by atoms with Crippen molar-refractivity contribution < 1.29 is 0 Å². The molecule has 2 aromatic heterocycles. The van der Waals surface area contributed by atoms with Gasteiger partial charge in [-0.2, -0.15) is 5.10 Å². The minimum absolute atomic E-state index is 0.0905. The molecule has 15 heavy (non-hydrogen) atoms. The van der Waals surface area contributed by atoms with Crippen LogP contribution in [0.15, 0.2) is 29.6 Å². The first kappa shape index (κ1) is 9.76. The van der Waals surface area contributed by atoms with Crippen LogP contribution in [0.2, 0.25) is 0 Å². The molecule has 0 aliphatic heterocycles. The number of aromatic nitrogens is 4. The molecule has 0 aliphatic carbocycles. The largest absolute Gasteiger partial charge is 0.325 e. The quantitative estimate of drug-likeness (QED) is 0.814. The van der Waals surface area contributed by atoms with Gasteiger partial charge in [-0.3, -0.25) is 9.25 Å². The summed E-state index contributed by atoms with van der Waals surface area (Å²) in [6.07, 6.45) is 7.12. The molecule has 0 amide bonds. The van der Waals surface area contributed by atoms with E-state index in [0.717, 1.165) is 5.56 Å². The monoisotopic (exact) mass is 206 g/mol. The second-order valence-electron chi connectivity index (χ2n) is 3.82. The Hall–Kier alpha value is -1.78. The van der Waals surface area contributed by atoms with Crippen LogP contribution in [0.1, 0.15) is 25.5 Å². The molecule has 2 heterocycles. The summed E-state index contributed by atoms with van der Waals surface area (Å²) in [5.74, 6) is 0. The number of imidazole rings is 1. The van der Waals surface area contributed by atoms with Gasteiger partial charge in [-0.1, -0.05) is 0 Å². The molecule has 0 bridgehead atoms. The number of aromatic amines is 1. The van der Waals surface area contributed by atoms with Gasteiger partial charge in [0.1, 0.15) is 0 Å². The van der Waals surface area contributed by atoms with E-state index >= 15 is 0 Å². The molecule has 1 N–H and O–H groups in total. The number of nitrogens with zero attached hydrogens (tertiary/aromatic N) is 3. The second kappa shape index (κ2) is 3.76. The molecule has 0 spiro atoms. The number of hydrogen-bond donors (Lipinski definition) is 1. The second-order valence-corrected chi connectivity index (χ2v) is 3.82. The first-order valence-electron chi connectivity index (χ1n) is 4.93. The van der Waals surface area contributed by atoms with Crippen LogP contribution < -0.4 is 5.69 Å². The molecule has 0 saturated heterocycles. The van der Waals surface area contributed by atoms with Gasteiger partial charge in [0.15, 0.2) is 0 Å². The molecule has 0 aromatic carbocycles. The van der Waals surface area contributed by atoms with Crippen LogP contribution in [0.5, 0.6) is 0 Å². The maximum atomic E-state index is 11.2. The topological polar surface area (TPSA) is 55.6 Å². The van der Waals surface area contributed by atoms with Gasteiger partial charge in [-0.05, 0) is 13.8 Å². The Labute approximate surface area is 87.4 Å². The van der Waals surface area contributed by atoms with Crippen LogP contribution in [0.3, 0.4) is 0 Å². The van der Waals surface area contributed by atoms with Gasteiger partial charge in [0.25, 0.3) is 0 Å². The van der Waals surface area contributed by atoms with Crippen molar-refractivity contribution in [2.45, 2.75) is 26.4 Å². The number of hydrogen-bond acceptors (Lipinski definition) is 2. The number of nitrogens with one attached hydrogen (secondary N) is 1. The predicted molar refractivity (Wildman–Crippen MR) is 56.8 cm³/mol. The molecule has 0 atom stereocenters. The Morgan fingerprint density at radius 2 is 2.33 bits per heavy atom. The minimum Gasteiger partial charge on any atom is -0.313 e. The summed E-state index contributed by atoms with van der Waals surface area (Å²) in [5, 5.41) is 4.22. The zero-order valence-corrected chi connectivity index (χ0v) is 8.84. The summed E-state index contributed by atoms with van der Waals surface area (Å²) in [7, 11) is 0. The van der Waals surface area contributed by atoms with Crippen LogP contribution in [0.4, 0.5) is 0 Å². The predicted octanol–water partition coefficient (Wildman–Crippen LogP) is 1.00. The smallest absolute Gasteiger partial charge is 0.313 e. The summed E-state index contributed by atoms with van der Waals surface area (Å²) in [5.41, 5.74) is 0.942. The molecule has 2 rings (SSSR count). The lowest BCUT2D eigenvalue weighted by Gasteiger charge is -2.03. The van der Waals surface area contributed by atoms with Crippen LogP contribution in [-0.2, 0) is 6.54 Å². The molecule has 0 saturated carbocycles. The average molecular weight is 206 g/mol. The van der Waals surface area contributed by atoms with Gasteiger partial charge in [-0.15, -0.1) is 0 Å². The molecule has 2 aromatic rings. The highest BCUT2D eigenvalue weighted by atomic mass is 16.1. The maximum Gasteiger partial charge on any atom is 0.325 e. The fourth-order valence-electron chi connectivity index (χ4n) is 1.41. The van der Waals surface area contributed by atoms with E-state index in [9.17, 15) is 4.79 Å². The molecule has 0 aliphatic rings. The number of H-pyrrole nitrogens is 1. The van der Waals surface area contributed by atoms with Gasteiger partial charge in [0.05, 0.1) is 12.7 Å². The minimum atomic E-state index is -0.0905. The van der Waals surface area contributed by atoms with Crippen LogP contribution in [0, 0.1) is 0 Å². The highest BCUT2D eigenvalue weighted by molar-refractivity contribution is 5.05. The Morgan fingerprint density at radius 3 is 2.87 bits per heavy atom. The van der Waals surface area contributed by atoms with E-state index in [-0.39, 0.29) is 5.69 Å². The van der Waals surface area contributed by atoms with Crippen molar-refractivity contribution in [1.82, 2.24) is 19.3 Å². The van der Waals surface area contributed by atoms with Crippen LogP contribution >= 0.6 is 0 Å². The summed E-state index contributed by atoms with van der Waals surface area (Å²) >= 11 is 0. The fourth-order valence-corrected chi connectivity index (χ4v) is 1.41. The Balaban J connectivity index is 2.18. The first-order chi connectivity index (χ1) is 7.16. The van der Waals surface area contributed by atoms with Crippen LogP contribution in [0.25, 0.3) is 0 Å². The van der Waals surface area contributed by atoms with E-state index in [2.05, 4.69) is 23.9 Å². The van der Waals surface area contributed by atoms with Gasteiger partial charge in [0.2, 0.25) is 0 Å². The third-order valence-corrected chi connectivity index (χ3v) is 2.26. The lowest BCUT2D eigenvalue weighted by Crippen LogP contribution is -2.16. The molecule has 0 unspecified atom stereocenters. The molecule has 80 valence electrons. The highest BCUT2D eigenvalue weighted by Crippen LogP contribution is 2.05. The Kier molecular flexibility index (Phi) is 2.45. The lowest BCUT2D eigenvalue weighted by molar-refractivity contribution is 0.531. The van der Waals surface area contributed by atoms with E-state index in [0.29, 0.717) is 12.6 Å². The van der Waals surface area contributed by atoms with Crippen molar-refractivity contribution in [2.24, 2.45) is 0 Å². The molecule has 5 heteroatoms. The Bertz CT molecular complexity index is 491. The summed E-state index contributed by atoms with van der Waals surface area (Å²) in [6.45, 7) is 4.70. The van der Waals surface area contributed by atoms with E-state index < -0.39 is 0 Å². The van der Waals surface area contributed by atoms with Gasteiger partial charge in [0, 0.05) is 30.2 Å². The zero-order valence-electron chi connectivity index (χ0n) is 8.84. The fraction of sp³-hybridized carbons (Fsp3) is 0.400. The average Bonchev–Trinajstić information content (AvgIpc) is 2.77. The highest BCUT2D eigenvalue weighted by Gasteiger charge is 2.03. The molecule has 5 nitrogen and oxygen atoms in total. The van der Waals surface area contributed by atoms with E-state index in [1.165, 1.54) is 0 Å². The van der Waals surface area contributed by atoms with Gasteiger partial charge < -0.3 is 4.98 Å². The molecule has 0 fully saturated rings. The summed E-state index contributed by atoms with van der Waals surface area (Å²) in [6, 6.07) is 0.349. The molecule has 0 radical (unpaired) electrons. The summed E-state index contributed by atoms with van der Waals surface area (Å²) < 4.78 is 3.49. The number of rotatable bonds is 3. The van der Waals surface area contributed by atoms with Crippen molar-refractivity contribution in [3.8, 4) is 0 Å².